The van der Waals surface area contributed by atoms with Crippen LogP contribution in [0.3, 0.4) is 0 Å². The lowest BCUT2D eigenvalue weighted by molar-refractivity contribution is -0.132. The minimum absolute atomic E-state index is 0.310. The molecule has 8 heavy (non-hydrogen) atoms. The van der Waals surface area contributed by atoms with Crippen LogP contribution >= 0.6 is 31.9 Å². The number of rotatable bonds is 2. The van der Waals surface area contributed by atoms with Gasteiger partial charge in [-0.05, 0) is 4.99 Å². The Morgan fingerprint density at radius 1 is 1.75 bits per heavy atom. The number of carboxylic acid groups (broad SMARTS) is 1. The van der Waals surface area contributed by atoms with Crippen molar-refractivity contribution >= 4 is 37.8 Å². The molecule has 0 fully saturated rings. The Morgan fingerprint density at radius 3 is 2.25 bits per heavy atom. The average Bonchev–Trinajstić information content (AvgIpc) is 1.69. The fourth-order valence-electron chi connectivity index (χ4n) is 0.133. The predicted molar refractivity (Wildman–Crippen MR) is 38.4 cm³/mol. The van der Waals surface area contributed by atoms with Crippen molar-refractivity contribution in [3.05, 3.63) is 10.6 Å². The monoisotopic (exact) mass is 242 g/mol. The molecule has 46 valence electrons. The summed E-state index contributed by atoms with van der Waals surface area (Å²) in [5.41, 5.74) is 0.310. The Kier molecular flexibility index (Phi) is 4.18. The molecule has 0 heterocycles. The minimum Gasteiger partial charge on any atom is -0.478 e. The highest BCUT2D eigenvalue weighted by Crippen LogP contribution is 2.01. The van der Waals surface area contributed by atoms with E-state index in [4.69, 9.17) is 5.11 Å². The molecular formula is C4H4Br2O2. The smallest absolute Gasteiger partial charge is 0.332 e. The summed E-state index contributed by atoms with van der Waals surface area (Å²) in [6.07, 6.45) is 0. The Balaban J connectivity index is 3.92. The van der Waals surface area contributed by atoms with Gasteiger partial charge in [0, 0.05) is 5.33 Å². The third kappa shape index (κ3) is 2.47. The maximum absolute atomic E-state index is 10.0. The Hall–Kier alpha value is 0.170. The molecule has 0 aliphatic rings. The molecule has 0 radical (unpaired) electrons. The van der Waals surface area contributed by atoms with Gasteiger partial charge in [-0.15, -0.1) is 0 Å². The van der Waals surface area contributed by atoms with Crippen molar-refractivity contribution < 1.29 is 9.90 Å². The Morgan fingerprint density at radius 2 is 2.25 bits per heavy atom. The van der Waals surface area contributed by atoms with Crippen molar-refractivity contribution in [1.82, 2.24) is 0 Å². The SMILES string of the molecule is O=C(O)C(=CBr)CBr. The van der Waals surface area contributed by atoms with Crippen LogP contribution in [0.2, 0.25) is 0 Å². The molecule has 0 aromatic rings. The molecule has 0 bridgehead atoms. The van der Waals surface area contributed by atoms with Crippen LogP contribution in [0.1, 0.15) is 0 Å². The van der Waals surface area contributed by atoms with E-state index < -0.39 is 5.97 Å². The number of alkyl halides is 1. The number of aliphatic carboxylic acids is 1. The van der Waals surface area contributed by atoms with Crippen LogP contribution in [-0.4, -0.2) is 16.4 Å². The van der Waals surface area contributed by atoms with Crippen molar-refractivity contribution in [2.24, 2.45) is 0 Å². The molecule has 2 nitrogen and oxygen atoms in total. The van der Waals surface area contributed by atoms with Crippen molar-refractivity contribution in [2.75, 3.05) is 5.33 Å². The highest BCUT2D eigenvalue weighted by Gasteiger charge is 2.01. The second-order valence-corrected chi connectivity index (χ2v) is 2.09. The molecule has 0 rings (SSSR count). The van der Waals surface area contributed by atoms with E-state index in [0.717, 1.165) is 0 Å². The van der Waals surface area contributed by atoms with Gasteiger partial charge in [-0.25, -0.2) is 4.79 Å². The van der Waals surface area contributed by atoms with Gasteiger partial charge in [0.15, 0.2) is 0 Å². The maximum atomic E-state index is 10.0. The zero-order chi connectivity index (χ0) is 6.57. The summed E-state index contributed by atoms with van der Waals surface area (Å²) >= 11 is 5.90. The summed E-state index contributed by atoms with van der Waals surface area (Å²) < 4.78 is 0. The number of hydrogen-bond acceptors (Lipinski definition) is 1. The molecule has 0 aliphatic carbocycles. The summed E-state index contributed by atoms with van der Waals surface area (Å²) in [6, 6.07) is 0. The van der Waals surface area contributed by atoms with Gasteiger partial charge in [0.25, 0.3) is 0 Å². The van der Waals surface area contributed by atoms with Crippen LogP contribution in [0.4, 0.5) is 0 Å². The Bertz CT molecular complexity index is 119. The molecule has 0 saturated carbocycles. The van der Waals surface area contributed by atoms with Crippen molar-refractivity contribution in [2.45, 2.75) is 0 Å². The zero-order valence-corrected chi connectivity index (χ0v) is 7.07. The molecule has 0 aliphatic heterocycles. The first-order valence-electron chi connectivity index (χ1n) is 1.81. The van der Waals surface area contributed by atoms with Crippen molar-refractivity contribution in [3.8, 4) is 0 Å². The van der Waals surface area contributed by atoms with Crippen LogP contribution in [-0.2, 0) is 4.79 Å². The molecule has 0 aromatic carbocycles. The molecule has 0 saturated heterocycles. The van der Waals surface area contributed by atoms with Gasteiger partial charge in [-0.3, -0.25) is 0 Å². The molecule has 4 heteroatoms. The van der Waals surface area contributed by atoms with E-state index in [-0.39, 0.29) is 0 Å². The van der Waals surface area contributed by atoms with E-state index in [1.165, 1.54) is 4.99 Å². The second-order valence-electron chi connectivity index (χ2n) is 1.07. The first kappa shape index (κ1) is 8.17. The fourth-order valence-corrected chi connectivity index (χ4v) is 1.33. The van der Waals surface area contributed by atoms with E-state index in [1.807, 2.05) is 0 Å². The lowest BCUT2D eigenvalue weighted by atomic mass is 10.4. The van der Waals surface area contributed by atoms with Gasteiger partial charge in [-0.1, -0.05) is 31.9 Å². The first-order valence-corrected chi connectivity index (χ1v) is 3.84. The second kappa shape index (κ2) is 4.09. The maximum Gasteiger partial charge on any atom is 0.332 e. The summed E-state index contributed by atoms with van der Waals surface area (Å²) in [5.74, 6) is -0.904. The van der Waals surface area contributed by atoms with Crippen LogP contribution in [0.5, 0.6) is 0 Å². The molecule has 1 N–H and O–H groups in total. The molecule has 0 unspecified atom stereocenters. The van der Waals surface area contributed by atoms with Crippen molar-refractivity contribution in [1.29, 1.82) is 0 Å². The number of carbonyl (C=O) groups is 1. The first-order chi connectivity index (χ1) is 3.72. The normalized spacial score (nSPS) is 11.5. The average molecular weight is 244 g/mol. The van der Waals surface area contributed by atoms with E-state index in [9.17, 15) is 4.79 Å². The fraction of sp³-hybridized carbons (Fsp3) is 0.250. The highest BCUT2D eigenvalue weighted by molar-refractivity contribution is 9.11. The van der Waals surface area contributed by atoms with Gasteiger partial charge in [-0.2, -0.15) is 0 Å². The van der Waals surface area contributed by atoms with Gasteiger partial charge in [0.05, 0.1) is 5.57 Å². The quantitative estimate of drug-likeness (QED) is 0.593. The third-order valence-corrected chi connectivity index (χ3v) is 1.71. The highest BCUT2D eigenvalue weighted by atomic mass is 79.9. The van der Waals surface area contributed by atoms with Crippen LogP contribution in [0.25, 0.3) is 0 Å². The Labute approximate surface area is 63.8 Å². The topological polar surface area (TPSA) is 37.3 Å². The van der Waals surface area contributed by atoms with Gasteiger partial charge >= 0.3 is 5.97 Å². The number of halogens is 2. The van der Waals surface area contributed by atoms with Gasteiger partial charge < -0.3 is 5.11 Å². The third-order valence-electron chi connectivity index (χ3n) is 0.550. The van der Waals surface area contributed by atoms with E-state index in [0.29, 0.717) is 10.9 Å². The molecule has 0 atom stereocenters. The number of hydrogen-bond donors (Lipinski definition) is 1. The zero-order valence-electron chi connectivity index (χ0n) is 3.90. The van der Waals surface area contributed by atoms with Crippen LogP contribution < -0.4 is 0 Å². The summed E-state index contributed by atoms with van der Waals surface area (Å²) in [6.45, 7) is 0. The minimum atomic E-state index is -0.904. The van der Waals surface area contributed by atoms with Crippen molar-refractivity contribution in [3.63, 3.8) is 0 Å². The molecule has 0 aromatic heterocycles. The van der Waals surface area contributed by atoms with Crippen LogP contribution in [0.15, 0.2) is 10.6 Å². The van der Waals surface area contributed by atoms with E-state index in [1.54, 1.807) is 0 Å². The largest absolute Gasteiger partial charge is 0.478 e. The molecule has 0 amide bonds. The summed E-state index contributed by atoms with van der Waals surface area (Å²) in [7, 11) is 0. The predicted octanol–water partition coefficient (Wildman–Crippen LogP) is 1.74. The van der Waals surface area contributed by atoms with Crippen LogP contribution in [0, 0.1) is 0 Å². The van der Waals surface area contributed by atoms with E-state index in [2.05, 4.69) is 31.9 Å². The molecular weight excluding hydrogens is 240 g/mol. The summed E-state index contributed by atoms with van der Waals surface area (Å²) in [4.78, 5) is 11.4. The lowest BCUT2D eigenvalue weighted by Crippen LogP contribution is -1.99. The van der Waals surface area contributed by atoms with E-state index >= 15 is 0 Å². The lowest BCUT2D eigenvalue weighted by Gasteiger charge is -1.88. The van der Waals surface area contributed by atoms with Gasteiger partial charge in [0.1, 0.15) is 0 Å². The molecule has 0 spiro atoms. The summed E-state index contributed by atoms with van der Waals surface area (Å²) in [5, 5.41) is 8.61. The van der Waals surface area contributed by atoms with Gasteiger partial charge in [0.2, 0.25) is 0 Å². The number of carboxylic acids is 1. The standard InChI is InChI=1S/C4H4Br2O2/c5-1-3(2-6)4(7)8/h1H,2H2,(H,7,8).